The van der Waals surface area contributed by atoms with Gasteiger partial charge in [0.2, 0.25) is 5.91 Å². The molecular weight excluding hydrogens is 246 g/mol. The van der Waals surface area contributed by atoms with Crippen molar-refractivity contribution >= 4 is 17.7 Å². The molecular formula is C14H19NO2S. The van der Waals surface area contributed by atoms with Crippen molar-refractivity contribution in [3.63, 3.8) is 0 Å². The van der Waals surface area contributed by atoms with E-state index in [1.807, 2.05) is 24.3 Å². The van der Waals surface area contributed by atoms with E-state index in [-0.39, 0.29) is 5.91 Å². The van der Waals surface area contributed by atoms with Crippen LogP contribution < -0.4 is 10.1 Å². The van der Waals surface area contributed by atoms with Crippen LogP contribution in [0.15, 0.2) is 29.2 Å². The second kappa shape index (κ2) is 6.69. The van der Waals surface area contributed by atoms with Gasteiger partial charge in [-0.05, 0) is 37.1 Å². The number of ether oxygens (including phenoxy) is 1. The zero-order valence-electron chi connectivity index (χ0n) is 10.6. The summed E-state index contributed by atoms with van der Waals surface area (Å²) < 4.78 is 5.09. The van der Waals surface area contributed by atoms with Crippen molar-refractivity contribution in [2.75, 3.05) is 12.9 Å². The zero-order chi connectivity index (χ0) is 12.8. The highest BCUT2D eigenvalue weighted by Crippen LogP contribution is 2.22. The van der Waals surface area contributed by atoms with Crippen LogP contribution in [0.4, 0.5) is 0 Å². The maximum atomic E-state index is 11.7. The van der Waals surface area contributed by atoms with Gasteiger partial charge in [-0.1, -0.05) is 12.8 Å². The van der Waals surface area contributed by atoms with E-state index in [0.29, 0.717) is 11.8 Å². The molecule has 3 nitrogen and oxygen atoms in total. The van der Waals surface area contributed by atoms with Gasteiger partial charge in [0.25, 0.3) is 0 Å². The molecule has 1 amide bonds. The summed E-state index contributed by atoms with van der Waals surface area (Å²) in [6, 6.07) is 8.20. The van der Waals surface area contributed by atoms with Gasteiger partial charge in [-0.3, -0.25) is 4.79 Å². The van der Waals surface area contributed by atoms with E-state index in [0.717, 1.165) is 23.5 Å². The summed E-state index contributed by atoms with van der Waals surface area (Å²) >= 11 is 1.56. The number of carbonyl (C=O) groups excluding carboxylic acids is 1. The summed E-state index contributed by atoms with van der Waals surface area (Å²) in [6.07, 6.45) is 4.77. The first-order valence-electron chi connectivity index (χ1n) is 6.34. The molecule has 1 aromatic carbocycles. The molecule has 4 heteroatoms. The topological polar surface area (TPSA) is 38.3 Å². The van der Waals surface area contributed by atoms with Crippen molar-refractivity contribution < 1.29 is 9.53 Å². The van der Waals surface area contributed by atoms with Gasteiger partial charge in [-0.25, -0.2) is 0 Å². The van der Waals surface area contributed by atoms with Crippen molar-refractivity contribution in [3.05, 3.63) is 24.3 Å². The molecule has 0 radical (unpaired) electrons. The number of carbonyl (C=O) groups is 1. The Hall–Kier alpha value is -1.16. The Balaban J connectivity index is 1.74. The molecule has 1 N–H and O–H groups in total. The Labute approximate surface area is 112 Å². The largest absolute Gasteiger partial charge is 0.497 e. The Morgan fingerprint density at radius 1 is 1.33 bits per heavy atom. The minimum Gasteiger partial charge on any atom is -0.497 e. The molecule has 0 aliphatic heterocycles. The zero-order valence-corrected chi connectivity index (χ0v) is 11.5. The lowest BCUT2D eigenvalue weighted by molar-refractivity contribution is -0.119. The fraction of sp³-hybridized carbons (Fsp3) is 0.500. The Morgan fingerprint density at radius 2 is 2.00 bits per heavy atom. The highest BCUT2D eigenvalue weighted by atomic mass is 32.2. The van der Waals surface area contributed by atoms with Gasteiger partial charge >= 0.3 is 0 Å². The van der Waals surface area contributed by atoms with Crippen LogP contribution >= 0.6 is 11.8 Å². The van der Waals surface area contributed by atoms with Crippen LogP contribution in [0.5, 0.6) is 5.75 Å². The second-order valence-corrected chi connectivity index (χ2v) is 5.56. The molecule has 0 unspecified atom stereocenters. The van der Waals surface area contributed by atoms with Crippen molar-refractivity contribution in [1.29, 1.82) is 0 Å². The summed E-state index contributed by atoms with van der Waals surface area (Å²) in [5.74, 6) is 1.47. The van der Waals surface area contributed by atoms with Gasteiger partial charge in [0.15, 0.2) is 0 Å². The van der Waals surface area contributed by atoms with Crippen molar-refractivity contribution in [2.24, 2.45) is 0 Å². The standard InChI is InChI=1S/C14H19NO2S/c1-17-12-6-8-13(9-7-12)18-10-14(16)15-11-4-2-3-5-11/h6-9,11H,2-5,10H2,1H3,(H,15,16). The average Bonchev–Trinajstić information content (AvgIpc) is 2.90. The van der Waals surface area contributed by atoms with Crippen LogP contribution in [0, 0.1) is 0 Å². The molecule has 1 fully saturated rings. The van der Waals surface area contributed by atoms with Gasteiger partial charge in [-0.2, -0.15) is 0 Å². The lowest BCUT2D eigenvalue weighted by atomic mass is 10.2. The number of nitrogens with one attached hydrogen (secondary N) is 1. The molecule has 0 saturated heterocycles. The monoisotopic (exact) mass is 265 g/mol. The molecule has 1 saturated carbocycles. The molecule has 1 aliphatic rings. The minimum atomic E-state index is 0.141. The van der Waals surface area contributed by atoms with Crippen molar-refractivity contribution in [3.8, 4) is 5.75 Å². The smallest absolute Gasteiger partial charge is 0.230 e. The van der Waals surface area contributed by atoms with Crippen molar-refractivity contribution in [1.82, 2.24) is 5.32 Å². The molecule has 0 heterocycles. The minimum absolute atomic E-state index is 0.141. The normalized spacial score (nSPS) is 15.6. The maximum Gasteiger partial charge on any atom is 0.230 e. The van der Waals surface area contributed by atoms with Gasteiger partial charge < -0.3 is 10.1 Å². The predicted octanol–water partition coefficient (Wildman–Crippen LogP) is 2.85. The Kier molecular flexibility index (Phi) is 4.93. The van der Waals surface area contributed by atoms with Gasteiger partial charge in [-0.15, -0.1) is 11.8 Å². The molecule has 1 aromatic rings. The number of hydrogen-bond donors (Lipinski definition) is 1. The number of amides is 1. The number of benzene rings is 1. The fourth-order valence-electron chi connectivity index (χ4n) is 2.16. The number of thioether (sulfide) groups is 1. The highest BCUT2D eigenvalue weighted by Gasteiger charge is 2.16. The molecule has 98 valence electrons. The fourth-order valence-corrected chi connectivity index (χ4v) is 2.87. The summed E-state index contributed by atoms with van der Waals surface area (Å²) in [7, 11) is 1.65. The van der Waals surface area contributed by atoms with Crippen LogP contribution in [0.1, 0.15) is 25.7 Å². The third-order valence-corrected chi connectivity index (χ3v) is 4.16. The summed E-state index contributed by atoms with van der Waals surface area (Å²) in [6.45, 7) is 0. The third-order valence-electron chi connectivity index (χ3n) is 3.15. The van der Waals surface area contributed by atoms with Crippen LogP contribution in [-0.2, 0) is 4.79 Å². The van der Waals surface area contributed by atoms with Gasteiger partial charge in [0, 0.05) is 10.9 Å². The highest BCUT2D eigenvalue weighted by molar-refractivity contribution is 8.00. The molecule has 0 spiro atoms. The molecule has 1 aliphatic carbocycles. The first-order valence-corrected chi connectivity index (χ1v) is 7.32. The second-order valence-electron chi connectivity index (χ2n) is 4.51. The average molecular weight is 265 g/mol. The van der Waals surface area contributed by atoms with E-state index in [9.17, 15) is 4.79 Å². The Morgan fingerprint density at radius 3 is 2.61 bits per heavy atom. The lowest BCUT2D eigenvalue weighted by Crippen LogP contribution is -2.33. The van der Waals surface area contributed by atoms with E-state index >= 15 is 0 Å². The van der Waals surface area contributed by atoms with Crippen LogP contribution in [0.25, 0.3) is 0 Å². The summed E-state index contributed by atoms with van der Waals surface area (Å²) in [4.78, 5) is 12.8. The van der Waals surface area contributed by atoms with E-state index < -0.39 is 0 Å². The van der Waals surface area contributed by atoms with Gasteiger partial charge in [0.1, 0.15) is 5.75 Å². The lowest BCUT2D eigenvalue weighted by Gasteiger charge is -2.11. The van der Waals surface area contributed by atoms with Crippen LogP contribution in [0.2, 0.25) is 0 Å². The summed E-state index contributed by atoms with van der Waals surface area (Å²) in [5.41, 5.74) is 0. The number of hydrogen-bond acceptors (Lipinski definition) is 3. The molecule has 2 rings (SSSR count). The van der Waals surface area contributed by atoms with Crippen LogP contribution in [0.3, 0.4) is 0 Å². The SMILES string of the molecule is COc1ccc(SCC(=O)NC2CCCC2)cc1. The molecule has 0 bridgehead atoms. The van der Waals surface area contributed by atoms with Crippen molar-refractivity contribution in [2.45, 2.75) is 36.6 Å². The first-order chi connectivity index (χ1) is 8.78. The molecule has 18 heavy (non-hydrogen) atoms. The van der Waals surface area contributed by atoms with E-state index in [1.54, 1.807) is 18.9 Å². The van der Waals surface area contributed by atoms with E-state index in [4.69, 9.17) is 4.74 Å². The maximum absolute atomic E-state index is 11.7. The number of methoxy groups -OCH3 is 1. The van der Waals surface area contributed by atoms with Gasteiger partial charge in [0.05, 0.1) is 12.9 Å². The predicted molar refractivity (Wildman–Crippen MR) is 74.1 cm³/mol. The summed E-state index contributed by atoms with van der Waals surface area (Å²) in [5, 5.41) is 3.09. The Bertz CT molecular complexity index is 385. The molecule has 0 atom stereocenters. The first kappa shape index (κ1) is 13.3. The quantitative estimate of drug-likeness (QED) is 0.832. The number of rotatable bonds is 5. The van der Waals surface area contributed by atoms with E-state index in [2.05, 4.69) is 5.32 Å². The third kappa shape index (κ3) is 3.95. The van der Waals surface area contributed by atoms with E-state index in [1.165, 1.54) is 12.8 Å². The molecule has 0 aromatic heterocycles. The van der Waals surface area contributed by atoms with Crippen LogP contribution in [-0.4, -0.2) is 24.8 Å².